The van der Waals surface area contributed by atoms with Crippen LogP contribution in [0.4, 0.5) is 4.79 Å². The van der Waals surface area contributed by atoms with E-state index >= 15 is 0 Å². The van der Waals surface area contributed by atoms with Gasteiger partial charge in [-0.25, -0.2) is 4.79 Å². The monoisotopic (exact) mass is 262 g/mol. The molecule has 0 spiro atoms. The average molecular weight is 262 g/mol. The molecule has 17 heavy (non-hydrogen) atoms. The molecule has 6 nitrogen and oxygen atoms in total. The molecule has 0 fully saturated rings. The van der Waals surface area contributed by atoms with E-state index in [1.54, 1.807) is 6.08 Å². The van der Waals surface area contributed by atoms with Crippen LogP contribution in [-0.4, -0.2) is 41.4 Å². The Hall–Kier alpha value is -0.893. The van der Waals surface area contributed by atoms with Gasteiger partial charge in [0.05, 0.1) is 0 Å². The van der Waals surface area contributed by atoms with Crippen molar-refractivity contribution in [3.05, 3.63) is 12.7 Å². The predicted molar refractivity (Wildman–Crippen MR) is 67.4 cm³/mol. The lowest BCUT2D eigenvalue weighted by molar-refractivity contribution is 0.0631. The normalized spacial score (nSPS) is 11.0. The van der Waals surface area contributed by atoms with Gasteiger partial charge in [0.1, 0.15) is 0 Å². The number of carbonyl (C=O) groups is 1. The van der Waals surface area contributed by atoms with Crippen LogP contribution in [0.5, 0.6) is 0 Å². The quantitative estimate of drug-likeness (QED) is 0.481. The molecule has 0 atom stereocenters. The lowest BCUT2D eigenvalue weighted by Crippen LogP contribution is -2.63. The number of rotatable bonds is 9. The number of carbonyl (C=O) groups excluding carboxylic acids is 1. The van der Waals surface area contributed by atoms with E-state index in [1.165, 1.54) is 0 Å². The van der Waals surface area contributed by atoms with Crippen molar-refractivity contribution in [3.8, 4) is 0 Å². The molecular weight excluding hydrogens is 240 g/mol. The van der Waals surface area contributed by atoms with Gasteiger partial charge in [0.2, 0.25) is 0 Å². The van der Waals surface area contributed by atoms with E-state index < -0.39 is 8.97 Å². The Labute approximate surface area is 104 Å². The minimum absolute atomic E-state index is 0.376. The highest BCUT2D eigenvalue weighted by atomic mass is 28.4. The van der Waals surface area contributed by atoms with E-state index in [-0.39, 0.29) is 6.03 Å². The van der Waals surface area contributed by atoms with Crippen LogP contribution in [0.2, 0.25) is 0 Å². The third-order valence-electron chi connectivity index (χ3n) is 1.68. The zero-order valence-corrected chi connectivity index (χ0v) is 11.7. The smallest absolute Gasteiger partial charge is 0.357 e. The van der Waals surface area contributed by atoms with Gasteiger partial charge < -0.3 is 18.6 Å². The van der Waals surface area contributed by atoms with Crippen LogP contribution in [0, 0.1) is 0 Å². The lowest BCUT2D eigenvalue weighted by Gasteiger charge is -2.27. The number of amides is 2. The van der Waals surface area contributed by atoms with Crippen molar-refractivity contribution < 1.29 is 18.1 Å². The molecule has 0 aliphatic carbocycles. The third-order valence-corrected chi connectivity index (χ3v) is 4.22. The maximum absolute atomic E-state index is 11.6. The highest BCUT2D eigenvalue weighted by Crippen LogP contribution is 2.05. The van der Waals surface area contributed by atoms with E-state index in [1.807, 2.05) is 20.8 Å². The summed E-state index contributed by atoms with van der Waals surface area (Å²) in [6.07, 6.45) is 1.59. The van der Waals surface area contributed by atoms with Crippen molar-refractivity contribution in [2.24, 2.45) is 0 Å². The Kier molecular flexibility index (Phi) is 8.69. The first kappa shape index (κ1) is 16.1. The second kappa shape index (κ2) is 9.17. The zero-order chi connectivity index (χ0) is 13.1. The van der Waals surface area contributed by atoms with Gasteiger partial charge >= 0.3 is 15.0 Å². The number of nitrogens with one attached hydrogen (secondary N) is 2. The van der Waals surface area contributed by atoms with Gasteiger partial charge in [0, 0.05) is 26.4 Å². The van der Waals surface area contributed by atoms with Crippen LogP contribution in [0.3, 0.4) is 0 Å². The van der Waals surface area contributed by atoms with Gasteiger partial charge in [-0.2, -0.15) is 0 Å². The fourth-order valence-corrected chi connectivity index (χ4v) is 3.12. The number of hydrogen-bond acceptors (Lipinski definition) is 4. The van der Waals surface area contributed by atoms with Crippen LogP contribution in [0.15, 0.2) is 12.7 Å². The maximum Gasteiger partial charge on any atom is 0.634 e. The lowest BCUT2D eigenvalue weighted by atomic mass is 10.6. The van der Waals surface area contributed by atoms with E-state index in [0.29, 0.717) is 26.4 Å². The van der Waals surface area contributed by atoms with Crippen molar-refractivity contribution in [3.63, 3.8) is 0 Å². The predicted octanol–water partition coefficient (Wildman–Crippen LogP) is 1.02. The molecule has 0 saturated heterocycles. The molecule has 0 rings (SSSR count). The van der Waals surface area contributed by atoms with Gasteiger partial charge in [0.15, 0.2) is 0 Å². The van der Waals surface area contributed by atoms with Gasteiger partial charge in [-0.05, 0) is 20.8 Å². The van der Waals surface area contributed by atoms with Crippen molar-refractivity contribution in [1.82, 2.24) is 10.3 Å². The number of urea groups is 1. The molecule has 0 aromatic rings. The van der Waals surface area contributed by atoms with E-state index in [4.69, 9.17) is 13.3 Å². The summed E-state index contributed by atoms with van der Waals surface area (Å²) in [5.41, 5.74) is 0. The zero-order valence-electron chi connectivity index (χ0n) is 10.7. The molecule has 7 heteroatoms. The fraction of sp³-hybridized carbons (Fsp3) is 0.700. The molecule has 100 valence electrons. The second-order valence-corrected chi connectivity index (χ2v) is 5.21. The Morgan fingerprint density at radius 3 is 2.00 bits per heavy atom. The Morgan fingerprint density at radius 1 is 1.18 bits per heavy atom. The molecule has 0 heterocycles. The summed E-state index contributed by atoms with van der Waals surface area (Å²) in [5.74, 6) is 0. The Balaban J connectivity index is 4.51. The molecular formula is C10H22N2O4Si. The summed E-state index contributed by atoms with van der Waals surface area (Å²) in [4.78, 5) is 14.2. The Morgan fingerprint density at radius 2 is 1.65 bits per heavy atom. The molecule has 0 saturated carbocycles. The van der Waals surface area contributed by atoms with Gasteiger partial charge in [0.25, 0.3) is 0 Å². The molecule has 0 aromatic heterocycles. The standard InChI is InChI=1S/C10H22N2O4Si/c1-5-9-11-10(13)12-17(14-6-2,15-7-3)16-8-4/h5H,1,6-9H2,2-4H3,(H2,11,12,13). The van der Waals surface area contributed by atoms with Gasteiger partial charge in [-0.3, -0.25) is 4.98 Å². The first-order valence-corrected chi connectivity index (χ1v) is 7.45. The first-order chi connectivity index (χ1) is 8.14. The van der Waals surface area contributed by atoms with Gasteiger partial charge in [-0.15, -0.1) is 6.58 Å². The van der Waals surface area contributed by atoms with Crippen LogP contribution in [0.25, 0.3) is 0 Å². The van der Waals surface area contributed by atoms with Crippen molar-refractivity contribution in [2.75, 3.05) is 26.4 Å². The number of hydrogen-bond donors (Lipinski definition) is 2. The van der Waals surface area contributed by atoms with E-state index in [2.05, 4.69) is 16.9 Å². The maximum atomic E-state index is 11.6. The highest BCUT2D eigenvalue weighted by Gasteiger charge is 2.44. The van der Waals surface area contributed by atoms with Crippen molar-refractivity contribution >= 4 is 15.0 Å². The summed E-state index contributed by atoms with van der Waals surface area (Å²) in [7, 11) is -3.10. The van der Waals surface area contributed by atoms with Crippen molar-refractivity contribution in [1.29, 1.82) is 0 Å². The summed E-state index contributed by atoms with van der Waals surface area (Å²) < 4.78 is 16.4. The highest BCUT2D eigenvalue weighted by molar-refractivity contribution is 6.60. The molecule has 0 unspecified atom stereocenters. The topological polar surface area (TPSA) is 68.8 Å². The summed E-state index contributed by atoms with van der Waals surface area (Å²) >= 11 is 0. The fourth-order valence-electron chi connectivity index (χ4n) is 1.15. The largest absolute Gasteiger partial charge is 0.634 e. The molecule has 0 aliphatic rings. The summed E-state index contributed by atoms with van der Waals surface area (Å²) in [6, 6.07) is -0.382. The van der Waals surface area contributed by atoms with Crippen LogP contribution >= 0.6 is 0 Å². The molecule has 0 aliphatic heterocycles. The van der Waals surface area contributed by atoms with E-state index in [9.17, 15) is 4.79 Å². The minimum atomic E-state index is -3.10. The van der Waals surface area contributed by atoms with Gasteiger partial charge in [-0.1, -0.05) is 6.08 Å². The third kappa shape index (κ3) is 6.42. The van der Waals surface area contributed by atoms with Crippen molar-refractivity contribution in [2.45, 2.75) is 20.8 Å². The summed E-state index contributed by atoms with van der Waals surface area (Å²) in [5, 5.41) is 2.59. The Bertz CT molecular complexity index is 221. The molecule has 2 N–H and O–H groups in total. The molecule has 2 amide bonds. The SMILES string of the molecule is C=CCNC(=O)N[Si](OCC)(OCC)OCC. The molecule has 0 radical (unpaired) electrons. The van der Waals surface area contributed by atoms with Crippen LogP contribution in [0.1, 0.15) is 20.8 Å². The molecule has 0 bridgehead atoms. The van der Waals surface area contributed by atoms with Crippen LogP contribution in [-0.2, 0) is 13.3 Å². The van der Waals surface area contributed by atoms with E-state index in [0.717, 1.165) is 0 Å². The summed E-state index contributed by atoms with van der Waals surface area (Å²) in [6.45, 7) is 10.6. The molecule has 0 aromatic carbocycles. The minimum Gasteiger partial charge on any atom is -0.357 e. The van der Waals surface area contributed by atoms with Crippen LogP contribution < -0.4 is 10.3 Å². The first-order valence-electron chi connectivity index (χ1n) is 5.72. The second-order valence-electron chi connectivity index (χ2n) is 2.98. The average Bonchev–Trinajstić information content (AvgIpc) is 2.27.